The van der Waals surface area contributed by atoms with Crippen LogP contribution >= 0.6 is 0 Å². The minimum Gasteiger partial charge on any atom is -0.550 e. The van der Waals surface area contributed by atoms with E-state index in [0.29, 0.717) is 6.42 Å². The third-order valence-corrected chi connectivity index (χ3v) is 6.54. The van der Waals surface area contributed by atoms with Crippen LogP contribution in [-0.4, -0.2) is 36.8 Å². The molecule has 9 heteroatoms. The fourth-order valence-corrected chi connectivity index (χ4v) is 3.73. The monoisotopic (exact) mass is 502 g/mol. The summed E-state index contributed by atoms with van der Waals surface area (Å²) in [5.41, 5.74) is 0. The van der Waals surface area contributed by atoms with Gasteiger partial charge in [0, 0.05) is 12.4 Å². The molecule has 7 nitrogen and oxygen atoms in total. The van der Waals surface area contributed by atoms with E-state index in [1.807, 2.05) is 0 Å². The second-order valence-electron chi connectivity index (χ2n) is 8.58. The molecule has 0 saturated heterocycles. The first-order valence-electron chi connectivity index (χ1n) is 12.4. The Morgan fingerprint density at radius 2 is 1.30 bits per heavy atom. The Morgan fingerprint density at radius 3 is 1.70 bits per heavy atom. The summed E-state index contributed by atoms with van der Waals surface area (Å²) < 4.78 is 35.5. The maximum atomic E-state index is 11.5. The van der Waals surface area contributed by atoms with Crippen molar-refractivity contribution in [2.45, 2.75) is 129 Å². The first kappa shape index (κ1) is 37.4. The number of esters is 1. The van der Waals surface area contributed by atoms with Crippen molar-refractivity contribution in [1.29, 1.82) is 0 Å². The molecule has 0 aliphatic heterocycles. The summed E-state index contributed by atoms with van der Waals surface area (Å²) in [6.45, 7) is 9.04. The Hall–Kier alpha value is -0.150. The normalized spacial score (nSPS) is 12.6. The summed E-state index contributed by atoms with van der Waals surface area (Å²) in [6, 6.07) is 0. The molecule has 0 aromatic rings. The van der Waals surface area contributed by atoms with Crippen LogP contribution in [0.25, 0.3) is 0 Å². The molecular formula is C24H47NaO7S. The summed E-state index contributed by atoms with van der Waals surface area (Å²) in [6.07, 6.45) is 15.4. The smallest absolute Gasteiger partial charge is 0.550 e. The zero-order valence-corrected chi connectivity index (χ0v) is 24.6. The van der Waals surface area contributed by atoms with Gasteiger partial charge in [-0.25, -0.2) is 0 Å². The van der Waals surface area contributed by atoms with Gasteiger partial charge in [-0.05, 0) is 12.3 Å². The van der Waals surface area contributed by atoms with Crippen molar-refractivity contribution in [3.05, 3.63) is 0 Å². The van der Waals surface area contributed by atoms with Gasteiger partial charge >= 0.3 is 35.5 Å². The van der Waals surface area contributed by atoms with Crippen LogP contribution in [0.2, 0.25) is 0 Å². The van der Waals surface area contributed by atoms with Gasteiger partial charge in [0.1, 0.15) is 0 Å². The van der Waals surface area contributed by atoms with E-state index in [-0.39, 0.29) is 36.2 Å². The second-order valence-corrected chi connectivity index (χ2v) is 10.2. The number of carbonyl (C=O) groups excluding carboxylic acids is 2. The van der Waals surface area contributed by atoms with E-state index < -0.39 is 33.7 Å². The van der Waals surface area contributed by atoms with Crippen molar-refractivity contribution >= 4 is 22.1 Å². The zero-order chi connectivity index (χ0) is 24.8. The van der Waals surface area contributed by atoms with Gasteiger partial charge in [-0.1, -0.05) is 111 Å². The van der Waals surface area contributed by atoms with Crippen LogP contribution in [0.4, 0.5) is 0 Å². The molecule has 0 amide bonds. The number of carboxylic acids is 1. The molecule has 0 saturated carbocycles. The molecule has 33 heavy (non-hydrogen) atoms. The number of aliphatic carboxylic acids is 1. The Kier molecular flexibility index (Phi) is 28.3. The van der Waals surface area contributed by atoms with Crippen molar-refractivity contribution in [3.63, 3.8) is 0 Å². The van der Waals surface area contributed by atoms with E-state index in [4.69, 9.17) is 9.29 Å². The van der Waals surface area contributed by atoms with E-state index in [9.17, 15) is 23.1 Å². The second kappa shape index (κ2) is 25.0. The van der Waals surface area contributed by atoms with Crippen LogP contribution in [0.5, 0.6) is 0 Å². The molecule has 192 valence electrons. The molecule has 2 unspecified atom stereocenters. The Balaban J connectivity index is -0.000000851. The Labute approximate surface area is 224 Å². The van der Waals surface area contributed by atoms with E-state index in [1.54, 1.807) is 0 Å². The van der Waals surface area contributed by atoms with Crippen LogP contribution in [0, 0.1) is 5.92 Å². The van der Waals surface area contributed by atoms with Crippen molar-refractivity contribution < 1.29 is 62.0 Å². The predicted molar refractivity (Wildman–Crippen MR) is 127 cm³/mol. The molecule has 2 atom stereocenters. The quantitative estimate of drug-likeness (QED) is 0.124. The van der Waals surface area contributed by atoms with Crippen LogP contribution in [-0.2, 0) is 24.4 Å². The molecule has 0 heterocycles. The maximum Gasteiger partial charge on any atom is 1.00 e. The standard InChI is InChI=1S/C16H30O7S.C8H18.Na/c1-2-3-4-5-6-7-8-9-10-11-12-23-16(19)14(13-15(17)18)24(20,21)22;1-4-6-7-8(3)5-2;/h14H,2-13H2,1H3,(H,17,18)(H,20,21,22);8H,4-7H2,1-3H3;/q;;+1/p-1. The fraction of sp³-hybridized carbons (Fsp3) is 0.917. The van der Waals surface area contributed by atoms with Gasteiger partial charge in [0.15, 0.2) is 5.25 Å². The van der Waals surface area contributed by atoms with Crippen molar-refractivity contribution in [1.82, 2.24) is 0 Å². The third kappa shape index (κ3) is 26.3. The minimum atomic E-state index is -4.82. The molecule has 0 bridgehead atoms. The molecule has 0 aromatic heterocycles. The van der Waals surface area contributed by atoms with Gasteiger partial charge in [0.25, 0.3) is 10.1 Å². The maximum absolute atomic E-state index is 11.5. The van der Waals surface area contributed by atoms with Gasteiger partial charge in [-0.2, -0.15) is 8.42 Å². The first-order valence-corrected chi connectivity index (χ1v) is 13.9. The van der Waals surface area contributed by atoms with E-state index in [2.05, 4.69) is 27.7 Å². The molecule has 0 aliphatic rings. The van der Waals surface area contributed by atoms with Crippen molar-refractivity contribution in [2.75, 3.05) is 6.61 Å². The number of carbonyl (C=O) groups is 2. The first-order chi connectivity index (χ1) is 15.1. The minimum absolute atomic E-state index is 0. The average Bonchev–Trinajstić information content (AvgIpc) is 2.73. The largest absolute Gasteiger partial charge is 1.00 e. The number of carboxylic acid groups (broad SMARTS) is 1. The van der Waals surface area contributed by atoms with E-state index in [0.717, 1.165) is 25.2 Å². The van der Waals surface area contributed by atoms with Gasteiger partial charge in [-0.3, -0.25) is 9.35 Å². The SMILES string of the molecule is CCCCC(C)CC.CCCCCCCCCCCCOC(=O)C(CC(=O)[O-])S(=O)(=O)O.[Na+]. The number of hydrogen-bond donors (Lipinski definition) is 1. The zero-order valence-electron chi connectivity index (χ0n) is 21.8. The van der Waals surface area contributed by atoms with Crippen LogP contribution in [0.3, 0.4) is 0 Å². The summed E-state index contributed by atoms with van der Waals surface area (Å²) >= 11 is 0. The van der Waals surface area contributed by atoms with Crippen LogP contribution < -0.4 is 34.7 Å². The van der Waals surface area contributed by atoms with Gasteiger partial charge in [0.2, 0.25) is 0 Å². The van der Waals surface area contributed by atoms with Crippen LogP contribution in [0.15, 0.2) is 0 Å². The van der Waals surface area contributed by atoms with Crippen molar-refractivity contribution in [2.24, 2.45) is 5.92 Å². The van der Waals surface area contributed by atoms with Gasteiger partial charge in [-0.15, -0.1) is 0 Å². The molecule has 0 aromatic carbocycles. The summed E-state index contributed by atoms with van der Waals surface area (Å²) in [5.74, 6) is -2.04. The summed E-state index contributed by atoms with van der Waals surface area (Å²) in [5, 5.41) is 8.31. The topological polar surface area (TPSA) is 121 Å². The van der Waals surface area contributed by atoms with Gasteiger partial charge < -0.3 is 14.6 Å². The Bertz CT molecular complexity index is 567. The van der Waals surface area contributed by atoms with Crippen molar-refractivity contribution in [3.8, 4) is 0 Å². The average molecular weight is 503 g/mol. The molecule has 0 radical (unpaired) electrons. The Morgan fingerprint density at radius 1 is 0.848 bits per heavy atom. The molecule has 0 aliphatic carbocycles. The summed E-state index contributed by atoms with van der Waals surface area (Å²) in [4.78, 5) is 22.0. The van der Waals surface area contributed by atoms with Crippen LogP contribution in [0.1, 0.15) is 124 Å². The molecule has 0 spiro atoms. The number of unbranched alkanes of at least 4 members (excludes halogenated alkanes) is 10. The molecule has 1 N–H and O–H groups in total. The third-order valence-electron chi connectivity index (χ3n) is 5.46. The molecular weight excluding hydrogens is 455 g/mol. The van der Waals surface area contributed by atoms with E-state index in [1.165, 1.54) is 64.2 Å². The number of rotatable bonds is 19. The number of ether oxygens (including phenoxy) is 1. The number of hydrogen-bond acceptors (Lipinski definition) is 6. The van der Waals surface area contributed by atoms with E-state index >= 15 is 0 Å². The molecule has 0 fully saturated rings. The fourth-order valence-electron chi connectivity index (χ4n) is 3.07. The van der Waals surface area contributed by atoms with Gasteiger partial charge in [0.05, 0.1) is 6.61 Å². The summed E-state index contributed by atoms with van der Waals surface area (Å²) in [7, 11) is -4.82. The predicted octanol–water partition coefficient (Wildman–Crippen LogP) is 2.07. The molecule has 0 rings (SSSR count).